The summed E-state index contributed by atoms with van der Waals surface area (Å²) in [6, 6.07) is 14.3. The van der Waals surface area contributed by atoms with E-state index in [2.05, 4.69) is 15.0 Å². The van der Waals surface area contributed by atoms with Crippen LogP contribution in [0.2, 0.25) is 0 Å². The van der Waals surface area contributed by atoms with E-state index in [0.717, 1.165) is 30.8 Å². The molecule has 0 atom stereocenters. The number of aromatic nitrogens is 4. The highest BCUT2D eigenvalue weighted by Gasteiger charge is 2.28. The number of rotatable bonds is 12. The number of morpholine rings is 1. The van der Waals surface area contributed by atoms with Crippen molar-refractivity contribution in [3.63, 3.8) is 0 Å². The van der Waals surface area contributed by atoms with Gasteiger partial charge < -0.3 is 14.5 Å². The summed E-state index contributed by atoms with van der Waals surface area (Å²) in [7, 11) is -2.23. The van der Waals surface area contributed by atoms with Crippen molar-refractivity contribution >= 4 is 21.1 Å². The molecule has 1 fully saturated rings. The van der Waals surface area contributed by atoms with Crippen LogP contribution in [-0.2, 0) is 34.8 Å². The molecule has 3 heterocycles. The van der Waals surface area contributed by atoms with E-state index in [1.54, 1.807) is 25.2 Å². The summed E-state index contributed by atoms with van der Waals surface area (Å²) in [5, 5.41) is 4.50. The predicted molar refractivity (Wildman–Crippen MR) is 161 cm³/mol. The van der Waals surface area contributed by atoms with Gasteiger partial charge in [0.05, 0.1) is 36.0 Å². The number of nitrogens with zero attached hydrogens (tertiary/aromatic N) is 5. The van der Waals surface area contributed by atoms with E-state index in [1.807, 2.05) is 44.2 Å². The van der Waals surface area contributed by atoms with Gasteiger partial charge >= 0.3 is 0 Å². The standard InChI is InChI=1S/C30H38N6O5S/c1-4-9-25-27-28(34(3)33-25)30(37)32-29(31-27)24-20-23(12-13-26(24)41-5-2)42(38,39)36(21-22-10-7-6-8-11-22)15-14-35-16-18-40-19-17-35/h6-8,10-13,20H,4-5,9,14-19,21H2,1-3H3,(H,31,32,37). The number of hydrogen-bond donors (Lipinski definition) is 1. The fourth-order valence-corrected chi connectivity index (χ4v) is 6.66. The normalized spacial score (nSPS) is 14.6. The molecule has 0 unspecified atom stereocenters. The fraction of sp³-hybridized carbons (Fsp3) is 0.433. The summed E-state index contributed by atoms with van der Waals surface area (Å²) in [4.78, 5) is 23.1. The Morgan fingerprint density at radius 1 is 1.10 bits per heavy atom. The number of aryl methyl sites for hydroxylation is 2. The Kier molecular flexibility index (Phi) is 9.37. The molecule has 0 aliphatic carbocycles. The minimum absolute atomic E-state index is 0.0987. The number of nitrogens with one attached hydrogen (secondary N) is 1. The van der Waals surface area contributed by atoms with Crippen molar-refractivity contribution in [1.29, 1.82) is 0 Å². The van der Waals surface area contributed by atoms with E-state index in [-0.39, 0.29) is 22.8 Å². The zero-order valence-corrected chi connectivity index (χ0v) is 25.2. The second kappa shape index (κ2) is 13.2. The Hall–Kier alpha value is -3.58. The summed E-state index contributed by atoms with van der Waals surface area (Å²) >= 11 is 0. The summed E-state index contributed by atoms with van der Waals surface area (Å²) in [5.74, 6) is 0.670. The van der Waals surface area contributed by atoms with Gasteiger partial charge in [-0.15, -0.1) is 0 Å². The van der Waals surface area contributed by atoms with Crippen LogP contribution in [-0.4, -0.2) is 83.4 Å². The van der Waals surface area contributed by atoms with Gasteiger partial charge in [-0.25, -0.2) is 13.4 Å². The maximum atomic E-state index is 14.2. The first-order valence-corrected chi connectivity index (χ1v) is 15.8. The first-order valence-electron chi connectivity index (χ1n) is 14.4. The molecule has 224 valence electrons. The zero-order chi connectivity index (χ0) is 29.7. The van der Waals surface area contributed by atoms with Crippen LogP contribution < -0.4 is 10.3 Å². The van der Waals surface area contributed by atoms with E-state index in [9.17, 15) is 13.2 Å². The molecule has 1 saturated heterocycles. The van der Waals surface area contributed by atoms with Gasteiger partial charge in [0.15, 0.2) is 5.52 Å². The smallest absolute Gasteiger partial charge is 0.277 e. The minimum atomic E-state index is -3.94. The molecule has 2 aromatic heterocycles. The second-order valence-electron chi connectivity index (χ2n) is 10.3. The van der Waals surface area contributed by atoms with Gasteiger partial charge in [-0.3, -0.25) is 14.4 Å². The van der Waals surface area contributed by atoms with E-state index in [0.29, 0.717) is 61.7 Å². The van der Waals surface area contributed by atoms with Crippen LogP contribution in [0, 0.1) is 0 Å². The Bertz CT molecular complexity index is 1680. The second-order valence-corrected chi connectivity index (χ2v) is 12.2. The first kappa shape index (κ1) is 29.9. The maximum Gasteiger partial charge on any atom is 0.277 e. The molecule has 12 heteroatoms. The molecular weight excluding hydrogens is 556 g/mol. The van der Waals surface area contributed by atoms with Crippen molar-refractivity contribution in [2.24, 2.45) is 7.05 Å². The monoisotopic (exact) mass is 594 g/mol. The Morgan fingerprint density at radius 3 is 2.57 bits per heavy atom. The van der Waals surface area contributed by atoms with E-state index in [4.69, 9.17) is 14.5 Å². The molecule has 1 aliphatic heterocycles. The van der Waals surface area contributed by atoms with Crippen LogP contribution in [0.5, 0.6) is 5.75 Å². The highest BCUT2D eigenvalue weighted by atomic mass is 32.2. The van der Waals surface area contributed by atoms with Crippen molar-refractivity contribution in [1.82, 2.24) is 29.0 Å². The maximum absolute atomic E-state index is 14.2. The van der Waals surface area contributed by atoms with E-state index >= 15 is 0 Å². The lowest BCUT2D eigenvalue weighted by Crippen LogP contribution is -2.42. The van der Waals surface area contributed by atoms with Crippen molar-refractivity contribution in [2.75, 3.05) is 46.0 Å². The van der Waals surface area contributed by atoms with Crippen molar-refractivity contribution < 1.29 is 17.9 Å². The predicted octanol–water partition coefficient (Wildman–Crippen LogP) is 3.20. The lowest BCUT2D eigenvalue weighted by atomic mass is 10.1. The lowest BCUT2D eigenvalue weighted by molar-refractivity contribution is 0.0361. The number of aromatic amines is 1. The fourth-order valence-electron chi connectivity index (χ4n) is 5.21. The van der Waals surface area contributed by atoms with Crippen molar-refractivity contribution in [3.05, 3.63) is 70.1 Å². The molecule has 0 amide bonds. The molecule has 4 aromatic rings. The zero-order valence-electron chi connectivity index (χ0n) is 24.4. The van der Waals surface area contributed by atoms with Gasteiger partial charge in [-0.05, 0) is 37.1 Å². The minimum Gasteiger partial charge on any atom is -0.493 e. The van der Waals surface area contributed by atoms with Crippen molar-refractivity contribution in [2.45, 2.75) is 38.1 Å². The molecular formula is C30H38N6O5S. The molecule has 11 nitrogen and oxygen atoms in total. The summed E-state index contributed by atoms with van der Waals surface area (Å²) in [6.45, 7) is 8.19. The average Bonchev–Trinajstić information content (AvgIpc) is 3.31. The van der Waals surface area contributed by atoms with E-state index < -0.39 is 10.0 Å². The number of H-pyrrole nitrogens is 1. The van der Waals surface area contributed by atoms with Gasteiger partial charge in [-0.2, -0.15) is 9.40 Å². The number of hydrogen-bond acceptors (Lipinski definition) is 8. The van der Waals surface area contributed by atoms with E-state index in [1.165, 1.54) is 8.99 Å². The topological polar surface area (TPSA) is 123 Å². The highest BCUT2D eigenvalue weighted by molar-refractivity contribution is 7.89. The third-order valence-electron chi connectivity index (χ3n) is 7.36. The highest BCUT2D eigenvalue weighted by Crippen LogP contribution is 2.32. The van der Waals surface area contributed by atoms with Gasteiger partial charge in [-0.1, -0.05) is 43.7 Å². The van der Waals surface area contributed by atoms with Crippen LogP contribution in [0.4, 0.5) is 0 Å². The van der Waals surface area contributed by atoms with Gasteiger partial charge in [0, 0.05) is 39.8 Å². The third kappa shape index (κ3) is 6.41. The molecule has 0 bridgehead atoms. The van der Waals surface area contributed by atoms with Crippen LogP contribution in [0.1, 0.15) is 31.5 Å². The summed E-state index contributed by atoms with van der Waals surface area (Å²) in [6.07, 6.45) is 1.51. The number of benzene rings is 2. The van der Waals surface area contributed by atoms with Gasteiger partial charge in [0.2, 0.25) is 10.0 Å². The van der Waals surface area contributed by atoms with Crippen LogP contribution >= 0.6 is 0 Å². The third-order valence-corrected chi connectivity index (χ3v) is 9.21. The number of fused-ring (bicyclic) bond motifs is 1. The molecule has 5 rings (SSSR count). The van der Waals surface area contributed by atoms with Crippen LogP contribution in [0.25, 0.3) is 22.4 Å². The Labute approximate surface area is 246 Å². The molecule has 1 N–H and O–H groups in total. The SMILES string of the molecule is CCCc1nn(C)c2c(=O)[nH]c(-c3cc(S(=O)(=O)N(CCN4CCOCC4)Cc4ccccc4)ccc3OCC)nc12. The largest absolute Gasteiger partial charge is 0.493 e. The van der Waals surface area contributed by atoms with Gasteiger partial charge in [0.25, 0.3) is 5.56 Å². The summed E-state index contributed by atoms with van der Waals surface area (Å²) in [5.41, 5.74) is 2.55. The molecule has 2 aromatic carbocycles. The molecule has 0 radical (unpaired) electrons. The van der Waals surface area contributed by atoms with Crippen molar-refractivity contribution in [3.8, 4) is 17.1 Å². The molecule has 42 heavy (non-hydrogen) atoms. The quantitative estimate of drug-likeness (QED) is 0.265. The van der Waals surface area contributed by atoms with Crippen LogP contribution in [0.15, 0.2) is 58.2 Å². The lowest BCUT2D eigenvalue weighted by Gasteiger charge is -2.30. The molecule has 0 saturated carbocycles. The van der Waals surface area contributed by atoms with Gasteiger partial charge in [0.1, 0.15) is 17.1 Å². The summed E-state index contributed by atoms with van der Waals surface area (Å²) < 4.78 is 42.8. The number of ether oxygens (including phenoxy) is 2. The van der Waals surface area contributed by atoms with Crippen LogP contribution in [0.3, 0.4) is 0 Å². The molecule has 0 spiro atoms. The Balaban J connectivity index is 1.56. The number of sulfonamides is 1. The average molecular weight is 595 g/mol. The first-order chi connectivity index (χ1) is 20.3. The molecule has 1 aliphatic rings. The Morgan fingerprint density at radius 2 is 1.86 bits per heavy atom.